The van der Waals surface area contributed by atoms with E-state index in [1.54, 1.807) is 66.3 Å². The van der Waals surface area contributed by atoms with Crippen molar-refractivity contribution < 1.29 is 19.1 Å². The molecule has 4 aromatic rings. The molecule has 4 rings (SSSR count). The molecule has 0 spiro atoms. The fourth-order valence-corrected chi connectivity index (χ4v) is 4.03. The number of ketones is 1. The average molecular weight is 485 g/mol. The molecule has 0 aliphatic heterocycles. The maximum atomic E-state index is 13.4. The lowest BCUT2D eigenvalue weighted by Gasteiger charge is -2.15. The maximum Gasteiger partial charge on any atom is 0.244 e. The lowest BCUT2D eigenvalue weighted by molar-refractivity contribution is -0.116. The molecule has 0 saturated carbocycles. The molecule has 36 heavy (non-hydrogen) atoms. The second-order valence-corrected chi connectivity index (χ2v) is 8.27. The summed E-state index contributed by atoms with van der Waals surface area (Å²) in [7, 11) is 1.55. The Hall–Kier alpha value is -4.39. The summed E-state index contributed by atoms with van der Waals surface area (Å²) in [5, 5.41) is 3.15. The number of hydrogen-bond donors (Lipinski definition) is 1. The molecular weight excluding hydrogens is 456 g/mol. The highest BCUT2D eigenvalue weighted by molar-refractivity contribution is 6.10. The minimum Gasteiger partial charge on any atom is -0.497 e. The third-order valence-corrected chi connectivity index (χ3v) is 5.90. The van der Waals surface area contributed by atoms with Crippen LogP contribution in [0.5, 0.6) is 11.5 Å². The first-order valence-electron chi connectivity index (χ1n) is 11.8. The van der Waals surface area contributed by atoms with E-state index in [1.807, 2.05) is 26.0 Å². The number of nitrogens with one attached hydrogen (secondary N) is 1. The monoisotopic (exact) mass is 484 g/mol. The van der Waals surface area contributed by atoms with E-state index in [9.17, 15) is 14.4 Å². The third kappa shape index (κ3) is 5.30. The lowest BCUT2D eigenvalue weighted by atomic mass is 10.0. The Morgan fingerprint density at radius 2 is 1.72 bits per heavy atom. The zero-order valence-corrected chi connectivity index (χ0v) is 20.5. The Balaban J connectivity index is 1.75. The molecule has 0 saturated heterocycles. The van der Waals surface area contributed by atoms with Crippen molar-refractivity contribution in [2.45, 2.75) is 26.8 Å². The molecule has 0 fully saturated rings. The SMILES string of the molecule is CCOc1ccc2c(c1)c(=O)c(C(=O)c1ccc(CC)cc1)cn2CC(=O)Nc1cccc(OC)c1. The van der Waals surface area contributed by atoms with Gasteiger partial charge in [-0.3, -0.25) is 14.4 Å². The molecule has 0 aliphatic carbocycles. The number of anilines is 1. The van der Waals surface area contributed by atoms with Crippen LogP contribution in [0.3, 0.4) is 0 Å². The van der Waals surface area contributed by atoms with Gasteiger partial charge in [-0.15, -0.1) is 0 Å². The highest BCUT2D eigenvalue weighted by Crippen LogP contribution is 2.22. The summed E-state index contributed by atoms with van der Waals surface area (Å²) in [4.78, 5) is 39.7. The number of aromatic nitrogens is 1. The van der Waals surface area contributed by atoms with Gasteiger partial charge in [0.1, 0.15) is 18.0 Å². The number of pyridine rings is 1. The van der Waals surface area contributed by atoms with Crippen LogP contribution in [0.25, 0.3) is 10.9 Å². The zero-order chi connectivity index (χ0) is 25.7. The molecule has 0 aliphatic rings. The fraction of sp³-hybridized carbons (Fsp3) is 0.207. The van der Waals surface area contributed by atoms with Crippen molar-refractivity contribution in [3.05, 3.63) is 99.8 Å². The van der Waals surface area contributed by atoms with E-state index in [-0.39, 0.29) is 18.0 Å². The van der Waals surface area contributed by atoms with Crippen LogP contribution in [0.4, 0.5) is 5.69 Å². The molecule has 184 valence electrons. The normalized spacial score (nSPS) is 10.8. The molecular formula is C29H28N2O5. The smallest absolute Gasteiger partial charge is 0.244 e. The molecule has 3 aromatic carbocycles. The van der Waals surface area contributed by atoms with Crippen molar-refractivity contribution in [1.82, 2.24) is 4.57 Å². The number of amides is 1. The van der Waals surface area contributed by atoms with Gasteiger partial charge in [-0.25, -0.2) is 0 Å². The van der Waals surface area contributed by atoms with Crippen molar-refractivity contribution in [2.75, 3.05) is 19.0 Å². The zero-order valence-electron chi connectivity index (χ0n) is 20.5. The first-order chi connectivity index (χ1) is 17.4. The molecule has 0 bridgehead atoms. The number of carbonyl (C=O) groups excluding carboxylic acids is 2. The predicted molar refractivity (Wildman–Crippen MR) is 140 cm³/mol. The Morgan fingerprint density at radius 3 is 2.42 bits per heavy atom. The topological polar surface area (TPSA) is 86.6 Å². The second-order valence-electron chi connectivity index (χ2n) is 8.27. The van der Waals surface area contributed by atoms with Gasteiger partial charge >= 0.3 is 0 Å². The van der Waals surface area contributed by atoms with Crippen LogP contribution in [0.15, 0.2) is 77.7 Å². The van der Waals surface area contributed by atoms with Crippen LogP contribution in [0.1, 0.15) is 35.3 Å². The summed E-state index contributed by atoms with van der Waals surface area (Å²) in [6.07, 6.45) is 2.31. The number of rotatable bonds is 9. The number of carbonyl (C=O) groups is 2. The van der Waals surface area contributed by atoms with Crippen molar-refractivity contribution in [3.8, 4) is 11.5 Å². The van der Waals surface area contributed by atoms with Crippen molar-refractivity contribution in [3.63, 3.8) is 0 Å². The average Bonchev–Trinajstić information content (AvgIpc) is 2.90. The molecule has 1 amide bonds. The molecule has 1 aromatic heterocycles. The van der Waals surface area contributed by atoms with Crippen LogP contribution < -0.4 is 20.2 Å². The summed E-state index contributed by atoms with van der Waals surface area (Å²) < 4.78 is 12.4. The van der Waals surface area contributed by atoms with Crippen LogP contribution in [0.2, 0.25) is 0 Å². The molecule has 7 heteroatoms. The van der Waals surface area contributed by atoms with E-state index in [0.717, 1.165) is 12.0 Å². The van der Waals surface area contributed by atoms with Crippen LogP contribution in [-0.2, 0) is 17.8 Å². The van der Waals surface area contributed by atoms with Crippen LogP contribution in [-0.4, -0.2) is 30.0 Å². The third-order valence-electron chi connectivity index (χ3n) is 5.90. The van der Waals surface area contributed by atoms with Gasteiger partial charge in [-0.2, -0.15) is 0 Å². The molecule has 0 unspecified atom stereocenters. The molecule has 0 radical (unpaired) electrons. The van der Waals surface area contributed by atoms with Gasteiger partial charge in [0, 0.05) is 23.5 Å². The molecule has 1 N–H and O–H groups in total. The van der Waals surface area contributed by atoms with Crippen molar-refractivity contribution in [2.24, 2.45) is 0 Å². The highest BCUT2D eigenvalue weighted by atomic mass is 16.5. The first-order valence-corrected chi connectivity index (χ1v) is 11.8. The second kappa shape index (κ2) is 10.9. The van der Waals surface area contributed by atoms with E-state index in [0.29, 0.717) is 40.3 Å². The van der Waals surface area contributed by atoms with Crippen LogP contribution >= 0.6 is 0 Å². The van der Waals surface area contributed by atoms with Gasteiger partial charge in [0.15, 0.2) is 5.78 Å². The summed E-state index contributed by atoms with van der Waals surface area (Å²) in [6, 6.07) is 19.3. The first kappa shape index (κ1) is 24.7. The highest BCUT2D eigenvalue weighted by Gasteiger charge is 2.19. The number of fused-ring (bicyclic) bond motifs is 1. The van der Waals surface area contributed by atoms with Gasteiger partial charge in [0.2, 0.25) is 11.3 Å². The molecule has 0 atom stereocenters. The predicted octanol–water partition coefficient (Wildman–Crippen LogP) is 4.84. The summed E-state index contributed by atoms with van der Waals surface area (Å²) in [5.41, 5.74) is 2.21. The van der Waals surface area contributed by atoms with E-state index < -0.39 is 11.2 Å². The summed E-state index contributed by atoms with van der Waals surface area (Å²) >= 11 is 0. The fourth-order valence-electron chi connectivity index (χ4n) is 4.03. The van der Waals surface area contributed by atoms with Crippen LogP contribution in [0, 0.1) is 0 Å². The molecule has 7 nitrogen and oxygen atoms in total. The number of benzene rings is 3. The summed E-state index contributed by atoms with van der Waals surface area (Å²) in [5.74, 6) is 0.430. The van der Waals surface area contributed by atoms with Crippen molar-refractivity contribution in [1.29, 1.82) is 0 Å². The quantitative estimate of drug-likeness (QED) is 0.344. The number of aryl methyl sites for hydroxylation is 1. The Labute approximate surface area is 209 Å². The van der Waals surface area contributed by atoms with Gasteiger partial charge in [0.25, 0.3) is 0 Å². The maximum absolute atomic E-state index is 13.4. The van der Waals surface area contributed by atoms with E-state index in [4.69, 9.17) is 9.47 Å². The van der Waals surface area contributed by atoms with E-state index in [1.165, 1.54) is 6.20 Å². The standard InChI is InChI=1S/C29H28N2O5/c1-4-19-9-11-20(12-10-19)28(33)25-17-31(18-27(32)30-21-7-6-8-22(15-21)35-3)26-14-13-23(36-5-2)16-24(26)29(25)34/h6-17H,4-5,18H2,1-3H3,(H,30,32). The molecule has 1 heterocycles. The minimum atomic E-state index is -0.402. The van der Waals surface area contributed by atoms with Gasteiger partial charge < -0.3 is 19.4 Å². The Morgan fingerprint density at radius 1 is 0.944 bits per heavy atom. The van der Waals surface area contributed by atoms with Crippen molar-refractivity contribution >= 4 is 28.3 Å². The summed E-state index contributed by atoms with van der Waals surface area (Å²) in [6.45, 7) is 4.22. The number of hydrogen-bond acceptors (Lipinski definition) is 5. The van der Waals surface area contributed by atoms with E-state index in [2.05, 4.69) is 5.32 Å². The Bertz CT molecular complexity index is 1470. The lowest BCUT2D eigenvalue weighted by Crippen LogP contribution is -2.24. The number of ether oxygens (including phenoxy) is 2. The van der Waals surface area contributed by atoms with Gasteiger partial charge in [-0.05, 0) is 49.2 Å². The van der Waals surface area contributed by atoms with Gasteiger partial charge in [-0.1, -0.05) is 37.3 Å². The largest absolute Gasteiger partial charge is 0.497 e. The minimum absolute atomic E-state index is 0.00502. The van der Waals surface area contributed by atoms with E-state index >= 15 is 0 Å². The Kier molecular flexibility index (Phi) is 7.49. The number of methoxy groups -OCH3 is 1. The number of nitrogens with zero attached hydrogens (tertiary/aromatic N) is 1. The van der Waals surface area contributed by atoms with Gasteiger partial charge in [0.05, 0.1) is 30.2 Å².